The van der Waals surface area contributed by atoms with E-state index in [1.807, 2.05) is 0 Å². The van der Waals surface area contributed by atoms with E-state index in [9.17, 15) is 5.11 Å². The van der Waals surface area contributed by atoms with Gasteiger partial charge in [0.05, 0.1) is 18.8 Å². The summed E-state index contributed by atoms with van der Waals surface area (Å²) in [7, 11) is 5.30. The monoisotopic (exact) mass is 142 g/mol. The minimum Gasteiger partial charge on any atom is -0.390 e. The second-order valence-corrected chi connectivity index (χ2v) is 2.76. The first-order valence-electron chi connectivity index (χ1n) is 3.36. The number of ether oxygens (including phenoxy) is 1. The number of rotatable bonds is 0. The predicted molar refractivity (Wildman–Crippen MR) is 36.7 cm³/mol. The van der Waals surface area contributed by atoms with E-state index in [2.05, 4.69) is 0 Å². The van der Waals surface area contributed by atoms with Gasteiger partial charge in [0.2, 0.25) is 0 Å². The minimum absolute atomic E-state index is 0.0326. The van der Waals surface area contributed by atoms with E-state index in [1.165, 1.54) is 0 Å². The standard InChI is InChI=1S/C6H11BO3/c1-3-2-10-6(7)5(9)4(3)8/h3-6,8-9H,2H2,1H3/t3-,4-,5?,6?/m1/s1. The van der Waals surface area contributed by atoms with E-state index in [1.54, 1.807) is 6.92 Å². The molecule has 1 aliphatic heterocycles. The largest absolute Gasteiger partial charge is 0.390 e. The first-order valence-corrected chi connectivity index (χ1v) is 3.36. The highest BCUT2D eigenvalue weighted by molar-refractivity contribution is 6.11. The van der Waals surface area contributed by atoms with Crippen LogP contribution in [0.4, 0.5) is 0 Å². The number of hydrogen-bond acceptors (Lipinski definition) is 3. The number of aliphatic hydroxyl groups is 2. The fourth-order valence-corrected chi connectivity index (χ4v) is 0.991. The summed E-state index contributed by atoms with van der Waals surface area (Å²) in [5.41, 5.74) is 0. The van der Waals surface area contributed by atoms with Crippen LogP contribution in [0.1, 0.15) is 6.92 Å². The lowest BCUT2D eigenvalue weighted by Gasteiger charge is -2.34. The Morgan fingerprint density at radius 3 is 2.50 bits per heavy atom. The molecule has 0 saturated carbocycles. The molecule has 0 aromatic carbocycles. The molecule has 0 amide bonds. The van der Waals surface area contributed by atoms with Gasteiger partial charge in [-0.05, 0) is 0 Å². The average molecular weight is 142 g/mol. The molecule has 0 aliphatic carbocycles. The van der Waals surface area contributed by atoms with Crippen molar-refractivity contribution in [1.29, 1.82) is 0 Å². The van der Waals surface area contributed by atoms with Crippen molar-refractivity contribution in [2.45, 2.75) is 25.1 Å². The SMILES string of the molecule is [B]C1OC[C@@H](C)[C@@H](O)C1O. The van der Waals surface area contributed by atoms with Crippen LogP contribution in [0, 0.1) is 5.92 Å². The molecule has 1 saturated heterocycles. The van der Waals surface area contributed by atoms with Gasteiger partial charge in [-0.1, -0.05) is 6.92 Å². The van der Waals surface area contributed by atoms with Gasteiger partial charge < -0.3 is 14.9 Å². The second kappa shape index (κ2) is 2.90. The summed E-state index contributed by atoms with van der Waals surface area (Å²) < 4.78 is 4.94. The second-order valence-electron chi connectivity index (χ2n) is 2.76. The number of hydrogen-bond donors (Lipinski definition) is 2. The van der Waals surface area contributed by atoms with Crippen LogP contribution in [0.25, 0.3) is 0 Å². The maximum Gasteiger partial charge on any atom is 0.112 e. The summed E-state index contributed by atoms with van der Waals surface area (Å²) >= 11 is 0. The third-order valence-electron chi connectivity index (χ3n) is 1.82. The zero-order chi connectivity index (χ0) is 7.72. The lowest BCUT2D eigenvalue weighted by molar-refractivity contribution is -0.132. The quantitative estimate of drug-likeness (QED) is 0.420. The fraction of sp³-hybridized carbons (Fsp3) is 1.00. The molecule has 2 unspecified atom stereocenters. The van der Waals surface area contributed by atoms with Crippen molar-refractivity contribution >= 4 is 7.85 Å². The lowest BCUT2D eigenvalue weighted by Crippen LogP contribution is -2.49. The summed E-state index contributed by atoms with van der Waals surface area (Å²) in [6, 6.07) is -0.730. The van der Waals surface area contributed by atoms with Crippen LogP contribution in [0.2, 0.25) is 0 Å². The Kier molecular flexibility index (Phi) is 2.34. The summed E-state index contributed by atoms with van der Waals surface area (Å²) in [5.74, 6) is -0.0326. The Hall–Kier alpha value is -0.0551. The fourth-order valence-electron chi connectivity index (χ4n) is 0.991. The average Bonchev–Trinajstić information content (AvgIpc) is 1.93. The molecule has 2 radical (unpaired) electrons. The Balaban J connectivity index is 2.52. The molecular formula is C6H11BO3. The smallest absolute Gasteiger partial charge is 0.112 e. The van der Waals surface area contributed by atoms with Gasteiger partial charge in [-0.15, -0.1) is 0 Å². The van der Waals surface area contributed by atoms with E-state index in [4.69, 9.17) is 17.7 Å². The Morgan fingerprint density at radius 2 is 2.00 bits per heavy atom. The molecule has 1 aliphatic rings. The van der Waals surface area contributed by atoms with Crippen molar-refractivity contribution in [3.8, 4) is 0 Å². The summed E-state index contributed by atoms with van der Waals surface area (Å²) in [6.07, 6.45) is -1.69. The van der Waals surface area contributed by atoms with Gasteiger partial charge in [-0.2, -0.15) is 0 Å². The van der Waals surface area contributed by atoms with Gasteiger partial charge in [-0.25, -0.2) is 0 Å². The summed E-state index contributed by atoms with van der Waals surface area (Å²) in [4.78, 5) is 0. The minimum atomic E-state index is -0.941. The summed E-state index contributed by atoms with van der Waals surface area (Å²) in [6.45, 7) is 2.22. The molecule has 10 heavy (non-hydrogen) atoms. The third-order valence-corrected chi connectivity index (χ3v) is 1.82. The molecule has 1 rings (SSSR count). The van der Waals surface area contributed by atoms with Crippen LogP contribution in [0.15, 0.2) is 0 Å². The van der Waals surface area contributed by atoms with Crippen LogP contribution in [0.5, 0.6) is 0 Å². The van der Waals surface area contributed by atoms with E-state index in [-0.39, 0.29) is 5.92 Å². The van der Waals surface area contributed by atoms with Gasteiger partial charge in [0.15, 0.2) is 0 Å². The number of aliphatic hydroxyl groups excluding tert-OH is 2. The zero-order valence-electron chi connectivity index (χ0n) is 5.90. The molecule has 1 fully saturated rings. The highest BCUT2D eigenvalue weighted by atomic mass is 16.5. The van der Waals surface area contributed by atoms with Gasteiger partial charge in [0, 0.05) is 11.9 Å². The van der Waals surface area contributed by atoms with Crippen molar-refractivity contribution in [2.24, 2.45) is 5.92 Å². The van der Waals surface area contributed by atoms with E-state index >= 15 is 0 Å². The molecule has 4 atom stereocenters. The van der Waals surface area contributed by atoms with Gasteiger partial charge in [-0.3, -0.25) is 0 Å². The third kappa shape index (κ3) is 1.33. The Bertz CT molecular complexity index is 106. The normalized spacial score (nSPS) is 49.1. The lowest BCUT2D eigenvalue weighted by atomic mass is 9.84. The van der Waals surface area contributed by atoms with E-state index < -0.39 is 18.2 Å². The maximum atomic E-state index is 9.21. The van der Waals surface area contributed by atoms with Crippen LogP contribution in [-0.4, -0.2) is 42.9 Å². The molecule has 0 bridgehead atoms. The first kappa shape index (κ1) is 8.05. The van der Waals surface area contributed by atoms with Gasteiger partial charge in [0.1, 0.15) is 7.85 Å². The Morgan fingerprint density at radius 1 is 1.40 bits per heavy atom. The van der Waals surface area contributed by atoms with Crippen molar-refractivity contribution in [1.82, 2.24) is 0 Å². The molecule has 0 aromatic rings. The zero-order valence-corrected chi connectivity index (χ0v) is 5.90. The van der Waals surface area contributed by atoms with Crippen molar-refractivity contribution in [3.05, 3.63) is 0 Å². The van der Waals surface area contributed by atoms with Gasteiger partial charge >= 0.3 is 0 Å². The van der Waals surface area contributed by atoms with Crippen LogP contribution in [-0.2, 0) is 4.74 Å². The highest BCUT2D eigenvalue weighted by Crippen LogP contribution is 2.17. The van der Waals surface area contributed by atoms with Crippen molar-refractivity contribution in [3.63, 3.8) is 0 Å². The van der Waals surface area contributed by atoms with E-state index in [0.29, 0.717) is 6.61 Å². The molecule has 3 nitrogen and oxygen atoms in total. The van der Waals surface area contributed by atoms with Crippen LogP contribution in [0.3, 0.4) is 0 Å². The van der Waals surface area contributed by atoms with Crippen molar-refractivity contribution < 1.29 is 14.9 Å². The van der Waals surface area contributed by atoms with Crippen molar-refractivity contribution in [2.75, 3.05) is 6.61 Å². The Labute approximate surface area is 61.4 Å². The molecule has 0 spiro atoms. The molecule has 4 heteroatoms. The maximum absolute atomic E-state index is 9.21. The van der Waals surface area contributed by atoms with Crippen LogP contribution >= 0.6 is 0 Å². The predicted octanol–water partition coefficient (Wildman–Crippen LogP) is -1.13. The summed E-state index contributed by atoms with van der Waals surface area (Å²) in [5, 5.41) is 18.3. The molecule has 1 heterocycles. The van der Waals surface area contributed by atoms with Gasteiger partial charge in [0.25, 0.3) is 0 Å². The van der Waals surface area contributed by atoms with E-state index in [0.717, 1.165) is 0 Å². The molecular weight excluding hydrogens is 131 g/mol. The van der Waals surface area contributed by atoms with Crippen LogP contribution < -0.4 is 0 Å². The topological polar surface area (TPSA) is 49.7 Å². The molecule has 2 N–H and O–H groups in total. The molecule has 56 valence electrons. The first-order chi connectivity index (χ1) is 4.63. The highest BCUT2D eigenvalue weighted by Gasteiger charge is 2.32. The molecule has 0 aromatic heterocycles.